The Labute approximate surface area is 149 Å². The number of hydrogen-bond donors (Lipinski definition) is 2. The number of hydrogen-bond acceptors (Lipinski definition) is 5. The highest BCUT2D eigenvalue weighted by Crippen LogP contribution is 2.35. The number of nitrogens with one attached hydrogen (secondary N) is 2. The number of aryl methyl sites for hydroxylation is 1. The predicted molar refractivity (Wildman–Crippen MR) is 96.3 cm³/mol. The molecule has 8 heteroatoms. The standard InChI is InChI=1S/C15H21BrN4O2S/c1-4-6-22-14-10(7-11(16)8-12(14)21-3)9-17-20-13(5-2)18-19-15(20)23/h7-8,17H,4-6,9H2,1-3H3,(H,19,23). The van der Waals surface area contributed by atoms with E-state index in [1.165, 1.54) is 0 Å². The molecule has 0 atom stereocenters. The van der Waals surface area contributed by atoms with Gasteiger partial charge < -0.3 is 14.9 Å². The fourth-order valence-corrected chi connectivity index (χ4v) is 2.87. The molecule has 2 aromatic rings. The van der Waals surface area contributed by atoms with Crippen LogP contribution in [0.15, 0.2) is 16.6 Å². The largest absolute Gasteiger partial charge is 0.493 e. The minimum Gasteiger partial charge on any atom is -0.493 e. The summed E-state index contributed by atoms with van der Waals surface area (Å²) in [7, 11) is 1.64. The van der Waals surface area contributed by atoms with Gasteiger partial charge in [-0.15, -0.1) is 0 Å². The minimum atomic E-state index is 0.537. The van der Waals surface area contributed by atoms with E-state index in [4.69, 9.17) is 21.7 Å². The first-order chi connectivity index (χ1) is 11.1. The zero-order valence-electron chi connectivity index (χ0n) is 13.5. The molecule has 0 aliphatic heterocycles. The zero-order valence-corrected chi connectivity index (χ0v) is 15.9. The van der Waals surface area contributed by atoms with Gasteiger partial charge in [0.05, 0.1) is 20.3 Å². The van der Waals surface area contributed by atoms with E-state index in [9.17, 15) is 0 Å². The Bertz CT molecular complexity index is 714. The van der Waals surface area contributed by atoms with Gasteiger partial charge in [-0.3, -0.25) is 5.10 Å². The van der Waals surface area contributed by atoms with Crippen LogP contribution >= 0.6 is 28.1 Å². The number of H-pyrrole nitrogens is 1. The van der Waals surface area contributed by atoms with Crippen LogP contribution in [0, 0.1) is 4.77 Å². The number of rotatable bonds is 8. The number of halogens is 1. The van der Waals surface area contributed by atoms with Gasteiger partial charge in [0.1, 0.15) is 0 Å². The summed E-state index contributed by atoms with van der Waals surface area (Å²) in [6.45, 7) is 5.27. The number of benzene rings is 1. The SMILES string of the molecule is CCCOc1c(CNn2c(CC)n[nH]c2=S)cc(Br)cc1OC. The Morgan fingerprint density at radius 3 is 2.83 bits per heavy atom. The maximum Gasteiger partial charge on any atom is 0.214 e. The van der Waals surface area contributed by atoms with Crippen LogP contribution in [0.2, 0.25) is 0 Å². The lowest BCUT2D eigenvalue weighted by molar-refractivity contribution is 0.291. The first kappa shape index (κ1) is 17.8. The molecule has 1 heterocycles. The summed E-state index contributed by atoms with van der Waals surface area (Å²) in [6, 6.07) is 3.91. The van der Waals surface area contributed by atoms with Crippen molar-refractivity contribution in [3.63, 3.8) is 0 Å². The molecule has 0 unspecified atom stereocenters. The third kappa shape index (κ3) is 4.26. The second-order valence-electron chi connectivity index (χ2n) is 4.91. The van der Waals surface area contributed by atoms with Crippen molar-refractivity contribution < 1.29 is 9.47 Å². The fourth-order valence-electron chi connectivity index (χ4n) is 2.17. The molecular formula is C15H21BrN4O2S. The van der Waals surface area contributed by atoms with Gasteiger partial charge in [0, 0.05) is 16.5 Å². The third-order valence-corrected chi connectivity index (χ3v) is 3.98. The summed E-state index contributed by atoms with van der Waals surface area (Å²) >= 11 is 8.76. The van der Waals surface area contributed by atoms with Gasteiger partial charge in [0.15, 0.2) is 17.3 Å². The summed E-state index contributed by atoms with van der Waals surface area (Å²) in [5, 5.41) is 6.98. The lowest BCUT2D eigenvalue weighted by atomic mass is 10.2. The number of nitrogens with zero attached hydrogens (tertiary/aromatic N) is 2. The van der Waals surface area contributed by atoms with Gasteiger partial charge in [-0.25, -0.2) is 4.68 Å². The van der Waals surface area contributed by atoms with Crippen LogP contribution in [-0.4, -0.2) is 28.6 Å². The summed E-state index contributed by atoms with van der Waals surface area (Å²) in [5.74, 6) is 2.31. The number of aromatic amines is 1. The van der Waals surface area contributed by atoms with E-state index in [-0.39, 0.29) is 0 Å². The Hall–Kier alpha value is -1.54. The normalized spacial score (nSPS) is 10.6. The summed E-state index contributed by atoms with van der Waals surface area (Å²) in [4.78, 5) is 0. The summed E-state index contributed by atoms with van der Waals surface area (Å²) in [5.41, 5.74) is 4.27. The highest BCUT2D eigenvalue weighted by atomic mass is 79.9. The maximum absolute atomic E-state index is 5.88. The van der Waals surface area contributed by atoms with Crippen molar-refractivity contribution >= 4 is 28.1 Å². The highest BCUT2D eigenvalue weighted by molar-refractivity contribution is 9.10. The molecule has 126 valence electrons. The van der Waals surface area contributed by atoms with E-state index in [1.807, 2.05) is 19.1 Å². The lowest BCUT2D eigenvalue weighted by Gasteiger charge is -2.17. The number of methoxy groups -OCH3 is 1. The maximum atomic E-state index is 5.88. The molecule has 0 aliphatic rings. The van der Waals surface area contributed by atoms with Crippen LogP contribution in [0.4, 0.5) is 0 Å². The van der Waals surface area contributed by atoms with E-state index in [0.717, 1.165) is 34.5 Å². The molecule has 0 aliphatic carbocycles. The topological polar surface area (TPSA) is 64.1 Å². The van der Waals surface area contributed by atoms with Crippen LogP contribution in [-0.2, 0) is 13.0 Å². The van der Waals surface area contributed by atoms with Crippen molar-refractivity contribution in [1.82, 2.24) is 14.9 Å². The first-order valence-corrected chi connectivity index (χ1v) is 8.70. The molecular weight excluding hydrogens is 380 g/mol. The van der Waals surface area contributed by atoms with Crippen LogP contribution < -0.4 is 14.9 Å². The van der Waals surface area contributed by atoms with Crippen LogP contribution in [0.25, 0.3) is 0 Å². The Morgan fingerprint density at radius 1 is 1.39 bits per heavy atom. The van der Waals surface area contributed by atoms with Gasteiger partial charge in [-0.1, -0.05) is 29.8 Å². The van der Waals surface area contributed by atoms with E-state index in [1.54, 1.807) is 11.8 Å². The highest BCUT2D eigenvalue weighted by Gasteiger charge is 2.13. The van der Waals surface area contributed by atoms with Gasteiger partial charge in [0.25, 0.3) is 0 Å². The molecule has 0 spiro atoms. The van der Waals surface area contributed by atoms with Gasteiger partial charge >= 0.3 is 0 Å². The van der Waals surface area contributed by atoms with Crippen molar-refractivity contribution in [3.8, 4) is 11.5 Å². The van der Waals surface area contributed by atoms with Crippen molar-refractivity contribution in [2.45, 2.75) is 33.2 Å². The van der Waals surface area contributed by atoms with Crippen LogP contribution in [0.3, 0.4) is 0 Å². The lowest BCUT2D eigenvalue weighted by Crippen LogP contribution is -2.18. The van der Waals surface area contributed by atoms with Crippen molar-refractivity contribution in [2.75, 3.05) is 19.1 Å². The molecule has 0 radical (unpaired) electrons. The third-order valence-electron chi connectivity index (χ3n) is 3.25. The van der Waals surface area contributed by atoms with E-state index in [0.29, 0.717) is 23.7 Å². The molecule has 0 saturated heterocycles. The minimum absolute atomic E-state index is 0.537. The Morgan fingerprint density at radius 2 is 2.17 bits per heavy atom. The quantitative estimate of drug-likeness (QED) is 0.659. The molecule has 0 bridgehead atoms. The predicted octanol–water partition coefficient (Wildman–Crippen LogP) is 3.81. The van der Waals surface area contributed by atoms with Crippen LogP contribution in [0.5, 0.6) is 11.5 Å². The Balaban J connectivity index is 2.29. The molecule has 1 aromatic carbocycles. The van der Waals surface area contributed by atoms with Gasteiger partial charge in [-0.2, -0.15) is 5.10 Å². The molecule has 0 amide bonds. The van der Waals surface area contributed by atoms with E-state index in [2.05, 4.69) is 38.5 Å². The summed E-state index contributed by atoms with van der Waals surface area (Å²) < 4.78 is 14.6. The first-order valence-electron chi connectivity index (χ1n) is 7.50. The number of ether oxygens (including phenoxy) is 2. The Kier molecular flexibility index (Phi) is 6.47. The van der Waals surface area contributed by atoms with Crippen LogP contribution in [0.1, 0.15) is 31.7 Å². The molecule has 23 heavy (non-hydrogen) atoms. The monoisotopic (exact) mass is 400 g/mol. The average molecular weight is 401 g/mol. The molecule has 6 nitrogen and oxygen atoms in total. The second kappa shape index (κ2) is 8.35. The zero-order chi connectivity index (χ0) is 16.8. The van der Waals surface area contributed by atoms with Crippen molar-refractivity contribution in [3.05, 3.63) is 32.8 Å². The van der Waals surface area contributed by atoms with Gasteiger partial charge in [0.2, 0.25) is 4.77 Å². The van der Waals surface area contributed by atoms with Crippen molar-refractivity contribution in [2.24, 2.45) is 0 Å². The van der Waals surface area contributed by atoms with E-state index >= 15 is 0 Å². The van der Waals surface area contributed by atoms with E-state index < -0.39 is 0 Å². The second-order valence-corrected chi connectivity index (χ2v) is 6.22. The molecule has 0 fully saturated rings. The van der Waals surface area contributed by atoms with Crippen molar-refractivity contribution in [1.29, 1.82) is 0 Å². The smallest absolute Gasteiger partial charge is 0.214 e. The molecule has 0 saturated carbocycles. The molecule has 2 rings (SSSR count). The average Bonchev–Trinajstić information content (AvgIpc) is 2.91. The molecule has 1 aromatic heterocycles. The fraction of sp³-hybridized carbons (Fsp3) is 0.467. The van der Waals surface area contributed by atoms with Gasteiger partial charge in [-0.05, 0) is 30.8 Å². The summed E-state index contributed by atoms with van der Waals surface area (Å²) in [6.07, 6.45) is 1.71. The molecule has 2 N–H and O–H groups in total. The number of aromatic nitrogens is 3.